The zero-order valence-electron chi connectivity index (χ0n) is 46.7. The van der Waals surface area contributed by atoms with Crippen LogP contribution in [0.15, 0.2) is 35.5 Å². The molecule has 1 aromatic heterocycles. The van der Waals surface area contributed by atoms with Gasteiger partial charge in [-0.05, 0) is 108 Å². The third-order valence-electron chi connectivity index (χ3n) is 13.4. The number of nitrogens with one attached hydrogen (secondary N) is 8. The number of carboxylic acids is 3. The van der Waals surface area contributed by atoms with E-state index in [1.54, 1.807) is 20.0 Å². The summed E-state index contributed by atoms with van der Waals surface area (Å²) >= 11 is 0. The van der Waals surface area contributed by atoms with E-state index in [0.29, 0.717) is 19.3 Å². The first kappa shape index (κ1) is 68.8. The van der Waals surface area contributed by atoms with Crippen molar-refractivity contribution in [1.82, 2.24) is 47.1 Å². The smallest absolute Gasteiger partial charge is 0.326 e. The molecule has 0 bridgehead atoms. The Kier molecular flexibility index (Phi) is 28.8. The number of fused-ring (bicyclic) bond motifs is 1. The second-order valence-electron chi connectivity index (χ2n) is 20.6. The number of primary amides is 1. The number of H-pyrrole nitrogens is 1. The molecule has 0 unspecified atom stereocenters. The first-order valence-corrected chi connectivity index (χ1v) is 27.4. The monoisotopic (exact) mass is 1170 g/mol. The summed E-state index contributed by atoms with van der Waals surface area (Å²) in [6.45, 7) is 3.75. The molecule has 460 valence electrons. The number of carbonyl (C=O) groups is 12. The molecule has 31 nitrogen and oxygen atoms in total. The molecule has 3 rings (SSSR count). The predicted octanol–water partition coefficient (Wildman–Crippen LogP) is -4.31. The Balaban J connectivity index is 1.87. The Labute approximate surface area is 478 Å². The number of rotatable bonds is 38. The first-order valence-electron chi connectivity index (χ1n) is 27.4. The Morgan fingerprint density at radius 2 is 1.12 bits per heavy atom. The number of carbonyl (C=O) groups excluding carboxylic acids is 9. The number of aliphatic imine (C=N–C) groups is 1. The van der Waals surface area contributed by atoms with E-state index in [1.165, 1.54) is 0 Å². The molecular formula is C52H82N16O15. The molecule has 9 amide bonds. The number of hydrogen-bond donors (Lipinski definition) is 17. The Morgan fingerprint density at radius 1 is 0.627 bits per heavy atom. The predicted molar refractivity (Wildman–Crippen MR) is 299 cm³/mol. The van der Waals surface area contributed by atoms with Crippen LogP contribution in [0.2, 0.25) is 0 Å². The second kappa shape index (κ2) is 34.7. The quantitative estimate of drug-likeness (QED) is 0.0172. The molecule has 2 aromatic rings. The van der Waals surface area contributed by atoms with Crippen LogP contribution in [0.5, 0.6) is 0 Å². The summed E-state index contributed by atoms with van der Waals surface area (Å²) < 4.78 is 0. The van der Waals surface area contributed by atoms with E-state index in [4.69, 9.17) is 39.5 Å². The Bertz CT molecular complexity index is 2630. The number of nitrogens with two attached hydrogens (primary N) is 6. The van der Waals surface area contributed by atoms with Gasteiger partial charge in [0.1, 0.15) is 48.3 Å². The van der Waals surface area contributed by atoms with Crippen molar-refractivity contribution in [2.24, 2.45) is 45.3 Å². The van der Waals surface area contributed by atoms with Crippen molar-refractivity contribution in [3.8, 4) is 0 Å². The number of carboxylic acid groups (broad SMARTS) is 3. The topological polar surface area (TPSA) is 537 Å². The van der Waals surface area contributed by atoms with Gasteiger partial charge in [0, 0.05) is 30.2 Å². The fourth-order valence-corrected chi connectivity index (χ4v) is 9.20. The highest BCUT2D eigenvalue weighted by molar-refractivity contribution is 6.00. The molecule has 9 atom stereocenters. The van der Waals surface area contributed by atoms with Gasteiger partial charge < -0.3 is 96.8 Å². The summed E-state index contributed by atoms with van der Waals surface area (Å²) in [5.74, 6) is -14.0. The number of aromatic nitrogens is 1. The molecule has 0 radical (unpaired) electrons. The number of aliphatic carboxylic acids is 3. The Hall–Kier alpha value is -8.45. The highest BCUT2D eigenvalue weighted by Crippen LogP contribution is 2.22. The van der Waals surface area contributed by atoms with Gasteiger partial charge in [0.25, 0.3) is 0 Å². The Morgan fingerprint density at radius 3 is 1.65 bits per heavy atom. The van der Waals surface area contributed by atoms with Crippen molar-refractivity contribution in [1.29, 1.82) is 0 Å². The first-order chi connectivity index (χ1) is 39.3. The highest BCUT2D eigenvalue weighted by Gasteiger charge is 2.41. The summed E-state index contributed by atoms with van der Waals surface area (Å²) in [5.41, 5.74) is 35.8. The lowest BCUT2D eigenvalue weighted by Crippen LogP contribution is -2.60. The van der Waals surface area contributed by atoms with Crippen LogP contribution in [0.1, 0.15) is 109 Å². The van der Waals surface area contributed by atoms with Crippen LogP contribution in [0.25, 0.3) is 10.9 Å². The van der Waals surface area contributed by atoms with E-state index in [1.807, 2.05) is 29.6 Å². The SMILES string of the molecule is CC(C)C[C@H](NC(=O)[C@@H]1CCCN1C(=O)[C@H](CC(=O)O)NC(=O)[C@H](CCCCN)NC(=O)[C@H](CCCCN)NC(=O)[C@H](CCCN=C(N)N)NC(=O)[C@@H](N)Cc1c[nH]c2ccccc12)C(=O)N[C@@H](CC(N)=O)C(=O)N[C@@H](CC(=O)O)C(=O)O. The molecule has 1 aromatic carbocycles. The second-order valence-corrected chi connectivity index (χ2v) is 20.6. The average molecular weight is 1170 g/mol. The lowest BCUT2D eigenvalue weighted by Gasteiger charge is -2.31. The lowest BCUT2D eigenvalue weighted by atomic mass is 10.0. The van der Waals surface area contributed by atoms with Crippen molar-refractivity contribution < 1.29 is 72.9 Å². The molecule has 1 saturated heterocycles. The van der Waals surface area contributed by atoms with Gasteiger partial charge in [-0.15, -0.1) is 0 Å². The number of guanidine groups is 1. The number of aromatic amines is 1. The standard InChI is InChI=1S/C52H82N16O15/c1-27(2)21-35(47(78)64-36(23-40(56)69)48(79)67-38(51(82)83)25-42(72)73)65-49(80)39-16-10-20-68(39)50(81)37(24-41(70)71)66-46(77)33(14-6-8-18-54)63-44(75)32(13-5-7-17-53)62-45(76)34(15-9-19-59-52(57)58)61-43(74)30(55)22-28-26-60-31-12-4-3-11-29(28)31/h3-4,11-12,26-27,30,32-39,60H,5-10,13-25,53-55H2,1-2H3,(H2,56,69)(H,61,74)(H,62,76)(H,63,75)(H,64,78)(H,65,80)(H,66,77)(H,67,79)(H,70,71)(H,72,73)(H,82,83)(H4,57,58,59)/t30-,32-,33-,34-,35-,36-,37-,38-,39-/m0/s1. The van der Waals surface area contributed by atoms with E-state index >= 15 is 0 Å². The van der Waals surface area contributed by atoms with Gasteiger partial charge in [-0.1, -0.05) is 32.0 Å². The summed E-state index contributed by atoms with van der Waals surface area (Å²) in [4.78, 5) is 167. The van der Waals surface area contributed by atoms with E-state index in [-0.39, 0.29) is 95.8 Å². The third-order valence-corrected chi connectivity index (χ3v) is 13.4. The summed E-state index contributed by atoms with van der Waals surface area (Å²) in [7, 11) is 0. The fraction of sp³-hybridized carbons (Fsp3) is 0.596. The molecule has 1 aliphatic rings. The van der Waals surface area contributed by atoms with Crippen molar-refractivity contribution in [2.75, 3.05) is 26.2 Å². The lowest BCUT2D eigenvalue weighted by molar-refractivity contribution is -0.147. The molecule has 0 aliphatic carbocycles. The summed E-state index contributed by atoms with van der Waals surface area (Å²) in [6.07, 6.45) is 0.534. The van der Waals surface area contributed by atoms with Crippen molar-refractivity contribution in [2.45, 2.75) is 165 Å². The molecule has 31 heteroatoms. The van der Waals surface area contributed by atoms with Gasteiger partial charge in [-0.3, -0.25) is 57.7 Å². The third kappa shape index (κ3) is 23.5. The highest BCUT2D eigenvalue weighted by atomic mass is 16.4. The molecular weight excluding hydrogens is 1090 g/mol. The summed E-state index contributed by atoms with van der Waals surface area (Å²) in [5, 5.41) is 46.6. The van der Waals surface area contributed by atoms with Crippen molar-refractivity contribution >= 4 is 87.9 Å². The molecule has 83 heavy (non-hydrogen) atoms. The van der Waals surface area contributed by atoms with Crippen LogP contribution < -0.4 is 71.6 Å². The van der Waals surface area contributed by atoms with Crippen molar-refractivity contribution in [3.63, 3.8) is 0 Å². The maximum atomic E-state index is 14.4. The number of likely N-dealkylation sites (tertiary alicyclic amines) is 1. The molecule has 0 spiro atoms. The molecule has 0 saturated carbocycles. The van der Waals surface area contributed by atoms with Gasteiger partial charge in [0.15, 0.2) is 5.96 Å². The maximum Gasteiger partial charge on any atom is 0.326 e. The maximum absolute atomic E-state index is 14.4. The van der Waals surface area contributed by atoms with E-state index < -0.39 is 145 Å². The van der Waals surface area contributed by atoms with Crippen LogP contribution >= 0.6 is 0 Å². The molecule has 23 N–H and O–H groups in total. The van der Waals surface area contributed by atoms with Crippen LogP contribution in [0.4, 0.5) is 0 Å². The van der Waals surface area contributed by atoms with Crippen LogP contribution in [0.3, 0.4) is 0 Å². The van der Waals surface area contributed by atoms with Gasteiger partial charge in [-0.25, -0.2) is 4.79 Å². The zero-order chi connectivity index (χ0) is 61.9. The number of hydrogen-bond acceptors (Lipinski definition) is 16. The van der Waals surface area contributed by atoms with E-state index in [2.05, 4.69) is 41.9 Å². The normalized spacial score (nSPS) is 15.9. The molecule has 1 fully saturated rings. The number of nitrogens with zero attached hydrogens (tertiary/aromatic N) is 2. The van der Waals surface area contributed by atoms with Crippen LogP contribution in [-0.4, -0.2) is 183 Å². The number of amides is 9. The minimum absolute atomic E-state index is 0.00183. The van der Waals surface area contributed by atoms with Crippen LogP contribution in [0, 0.1) is 5.92 Å². The average Bonchev–Trinajstić information content (AvgIpc) is 4.11. The van der Waals surface area contributed by atoms with Crippen LogP contribution in [-0.2, 0) is 64.0 Å². The summed E-state index contributed by atoms with van der Waals surface area (Å²) in [6, 6.07) is -6.16. The fourth-order valence-electron chi connectivity index (χ4n) is 9.20. The largest absolute Gasteiger partial charge is 0.481 e. The van der Waals surface area contributed by atoms with Gasteiger partial charge in [-0.2, -0.15) is 0 Å². The van der Waals surface area contributed by atoms with Gasteiger partial charge >= 0.3 is 17.9 Å². The number of para-hydroxylation sites is 1. The minimum Gasteiger partial charge on any atom is -0.481 e. The van der Waals surface area contributed by atoms with Gasteiger partial charge in [0.2, 0.25) is 53.2 Å². The minimum atomic E-state index is -1.96. The molecule has 1 aliphatic heterocycles. The van der Waals surface area contributed by atoms with Gasteiger partial charge in [0.05, 0.1) is 25.3 Å². The zero-order valence-corrected chi connectivity index (χ0v) is 46.7. The van der Waals surface area contributed by atoms with Crippen molar-refractivity contribution in [3.05, 3.63) is 36.0 Å². The number of benzene rings is 1. The molecule has 2 heterocycles. The van der Waals surface area contributed by atoms with E-state index in [9.17, 15) is 67.7 Å². The number of unbranched alkanes of at least 4 members (excludes halogenated alkanes) is 2. The van der Waals surface area contributed by atoms with E-state index in [0.717, 1.165) is 21.4 Å².